The summed E-state index contributed by atoms with van der Waals surface area (Å²) in [4.78, 5) is 0. The van der Waals surface area contributed by atoms with Crippen LogP contribution in [0.5, 0.6) is 0 Å². The number of aliphatic hydroxyl groups is 2. The topological polar surface area (TPSA) is 92.5 Å². The van der Waals surface area contributed by atoms with E-state index in [9.17, 15) is 0 Å². The third-order valence-corrected chi connectivity index (χ3v) is 2.85. The molecule has 0 saturated heterocycles. The lowest BCUT2D eigenvalue weighted by Gasteiger charge is -2.06. The molecule has 4 nitrogen and oxygen atoms in total. The molecular weight excluding hydrogens is 252 g/mol. The second-order valence-corrected chi connectivity index (χ2v) is 4.40. The molecule has 0 spiro atoms. The molecule has 0 unspecified atom stereocenters. The summed E-state index contributed by atoms with van der Waals surface area (Å²) in [5, 5.41) is 17.3. The van der Waals surface area contributed by atoms with Gasteiger partial charge in [-0.25, -0.2) is 0 Å². The lowest BCUT2D eigenvalue weighted by molar-refractivity contribution is 0.268. The van der Waals surface area contributed by atoms with Gasteiger partial charge in [-0.3, -0.25) is 0 Å². The molecule has 0 fully saturated rings. The van der Waals surface area contributed by atoms with Gasteiger partial charge >= 0.3 is 0 Å². The van der Waals surface area contributed by atoms with Gasteiger partial charge in [-0.1, -0.05) is 60.7 Å². The molecule has 0 heterocycles. The molecule has 0 aliphatic heterocycles. The first-order chi connectivity index (χ1) is 9.69. The fraction of sp³-hybridized carbons (Fsp3) is 0.250. The van der Waals surface area contributed by atoms with Crippen LogP contribution in [0, 0.1) is 0 Å². The Morgan fingerprint density at radius 1 is 0.650 bits per heavy atom. The molecule has 0 aliphatic rings. The van der Waals surface area contributed by atoms with E-state index >= 15 is 0 Å². The van der Waals surface area contributed by atoms with Crippen LogP contribution >= 0.6 is 0 Å². The highest BCUT2D eigenvalue weighted by molar-refractivity contribution is 5.18. The van der Waals surface area contributed by atoms with Gasteiger partial charge in [-0.05, 0) is 11.1 Å². The van der Waals surface area contributed by atoms with E-state index in [0.717, 1.165) is 11.1 Å². The summed E-state index contributed by atoms with van der Waals surface area (Å²) in [5.74, 6) is 0. The molecular formula is C16H22N2O2. The van der Waals surface area contributed by atoms with Crippen LogP contribution < -0.4 is 11.5 Å². The van der Waals surface area contributed by atoms with Gasteiger partial charge in [0.05, 0.1) is 25.3 Å². The standard InChI is InChI=1S/2C8H11NO/c2*9-8(6-10)7-4-2-1-3-5-7/h2*1-5,8,10H,6,9H2/t2*8-/m10/s1. The summed E-state index contributed by atoms with van der Waals surface area (Å²) in [6, 6.07) is 18.6. The van der Waals surface area contributed by atoms with E-state index in [2.05, 4.69) is 0 Å². The van der Waals surface area contributed by atoms with Gasteiger partial charge in [0.2, 0.25) is 0 Å². The molecule has 6 N–H and O–H groups in total. The van der Waals surface area contributed by atoms with Crippen molar-refractivity contribution in [2.75, 3.05) is 13.2 Å². The van der Waals surface area contributed by atoms with Crippen LogP contribution in [-0.2, 0) is 0 Å². The highest BCUT2D eigenvalue weighted by Crippen LogP contribution is 2.07. The molecule has 0 bridgehead atoms. The highest BCUT2D eigenvalue weighted by Gasteiger charge is 2.01. The average molecular weight is 274 g/mol. The monoisotopic (exact) mass is 274 g/mol. The van der Waals surface area contributed by atoms with Crippen LogP contribution in [0.1, 0.15) is 23.2 Å². The third-order valence-electron chi connectivity index (χ3n) is 2.85. The van der Waals surface area contributed by atoms with Crippen molar-refractivity contribution in [1.29, 1.82) is 0 Å². The molecule has 0 aliphatic carbocycles. The van der Waals surface area contributed by atoms with Gasteiger partial charge in [-0.15, -0.1) is 0 Å². The van der Waals surface area contributed by atoms with Crippen molar-refractivity contribution in [1.82, 2.24) is 0 Å². The number of hydrogen-bond acceptors (Lipinski definition) is 4. The average Bonchev–Trinajstić information content (AvgIpc) is 2.55. The summed E-state index contributed by atoms with van der Waals surface area (Å²) in [5.41, 5.74) is 13.0. The Labute approximate surface area is 119 Å². The Kier molecular flexibility index (Phi) is 7.54. The predicted molar refractivity (Wildman–Crippen MR) is 80.9 cm³/mol. The molecule has 0 amide bonds. The minimum atomic E-state index is -0.235. The summed E-state index contributed by atoms with van der Waals surface area (Å²) >= 11 is 0. The Hall–Kier alpha value is -1.72. The highest BCUT2D eigenvalue weighted by atomic mass is 16.3. The first kappa shape index (κ1) is 16.3. The van der Waals surface area contributed by atoms with Crippen LogP contribution in [-0.4, -0.2) is 23.4 Å². The van der Waals surface area contributed by atoms with Gasteiger partial charge in [-0.2, -0.15) is 0 Å². The van der Waals surface area contributed by atoms with Crippen molar-refractivity contribution >= 4 is 0 Å². The lowest BCUT2D eigenvalue weighted by Crippen LogP contribution is -2.13. The van der Waals surface area contributed by atoms with E-state index in [-0.39, 0.29) is 25.3 Å². The van der Waals surface area contributed by atoms with Crippen LogP contribution in [0.3, 0.4) is 0 Å². The molecule has 0 aromatic heterocycles. The van der Waals surface area contributed by atoms with Crippen molar-refractivity contribution in [2.24, 2.45) is 11.5 Å². The molecule has 0 saturated carbocycles. The molecule has 4 heteroatoms. The van der Waals surface area contributed by atoms with Crippen molar-refractivity contribution < 1.29 is 10.2 Å². The molecule has 2 atom stereocenters. The van der Waals surface area contributed by atoms with Gasteiger partial charge in [0.15, 0.2) is 0 Å². The summed E-state index contributed by atoms with van der Waals surface area (Å²) in [7, 11) is 0. The van der Waals surface area contributed by atoms with Crippen molar-refractivity contribution in [3.8, 4) is 0 Å². The zero-order valence-electron chi connectivity index (χ0n) is 11.4. The van der Waals surface area contributed by atoms with Crippen LogP contribution in [0.15, 0.2) is 60.7 Å². The Bertz CT molecular complexity index is 417. The van der Waals surface area contributed by atoms with Crippen molar-refractivity contribution in [3.05, 3.63) is 71.8 Å². The van der Waals surface area contributed by atoms with Crippen LogP contribution in [0.2, 0.25) is 0 Å². The van der Waals surface area contributed by atoms with E-state index in [4.69, 9.17) is 21.7 Å². The first-order valence-corrected chi connectivity index (χ1v) is 6.51. The van der Waals surface area contributed by atoms with E-state index in [1.807, 2.05) is 60.7 Å². The molecule has 0 radical (unpaired) electrons. The maximum Gasteiger partial charge on any atom is 0.0624 e. The fourth-order valence-electron chi connectivity index (χ4n) is 1.61. The second-order valence-electron chi connectivity index (χ2n) is 4.40. The van der Waals surface area contributed by atoms with Gasteiger partial charge in [0.25, 0.3) is 0 Å². The quantitative estimate of drug-likeness (QED) is 0.677. The molecule has 2 aromatic carbocycles. The summed E-state index contributed by atoms with van der Waals surface area (Å²) < 4.78 is 0. The molecule has 108 valence electrons. The Morgan fingerprint density at radius 2 is 0.950 bits per heavy atom. The maximum absolute atomic E-state index is 8.66. The third kappa shape index (κ3) is 5.50. The van der Waals surface area contributed by atoms with E-state index < -0.39 is 0 Å². The van der Waals surface area contributed by atoms with Crippen LogP contribution in [0.25, 0.3) is 0 Å². The minimum Gasteiger partial charge on any atom is -0.394 e. The van der Waals surface area contributed by atoms with Crippen molar-refractivity contribution in [2.45, 2.75) is 12.1 Å². The zero-order valence-corrected chi connectivity index (χ0v) is 11.4. The molecule has 20 heavy (non-hydrogen) atoms. The van der Waals surface area contributed by atoms with Gasteiger partial charge in [0, 0.05) is 0 Å². The predicted octanol–water partition coefficient (Wildman–Crippen LogP) is 1.36. The van der Waals surface area contributed by atoms with E-state index in [1.165, 1.54) is 0 Å². The zero-order chi connectivity index (χ0) is 14.8. The van der Waals surface area contributed by atoms with E-state index in [0.29, 0.717) is 0 Å². The minimum absolute atomic E-state index is 0.00398. The number of rotatable bonds is 4. The summed E-state index contributed by atoms with van der Waals surface area (Å²) in [6.45, 7) is 0.00796. The van der Waals surface area contributed by atoms with E-state index in [1.54, 1.807) is 0 Å². The normalized spacial score (nSPS) is 13.0. The molecule has 2 aromatic rings. The first-order valence-electron chi connectivity index (χ1n) is 6.51. The second kappa shape index (κ2) is 9.23. The van der Waals surface area contributed by atoms with Crippen LogP contribution in [0.4, 0.5) is 0 Å². The van der Waals surface area contributed by atoms with Crippen molar-refractivity contribution in [3.63, 3.8) is 0 Å². The lowest BCUT2D eigenvalue weighted by atomic mass is 10.1. The smallest absolute Gasteiger partial charge is 0.0624 e. The number of aliphatic hydroxyl groups excluding tert-OH is 2. The fourth-order valence-corrected chi connectivity index (χ4v) is 1.61. The number of nitrogens with two attached hydrogens (primary N) is 2. The summed E-state index contributed by atoms with van der Waals surface area (Å²) in [6.07, 6.45) is 0. The molecule has 2 rings (SSSR count). The van der Waals surface area contributed by atoms with Gasteiger partial charge < -0.3 is 21.7 Å². The Morgan fingerprint density at radius 3 is 1.20 bits per heavy atom. The maximum atomic E-state index is 8.66. The Balaban J connectivity index is 0.000000200. The number of benzene rings is 2. The largest absolute Gasteiger partial charge is 0.394 e. The SMILES string of the molecule is N[C@@H](CO)c1ccccc1.N[C@H](CO)c1ccccc1. The number of hydrogen-bond donors (Lipinski definition) is 4. The van der Waals surface area contributed by atoms with Gasteiger partial charge in [0.1, 0.15) is 0 Å².